The van der Waals surface area contributed by atoms with Crippen LogP contribution < -0.4 is 10.1 Å². The molecule has 2 aromatic carbocycles. The number of amides is 1. The van der Waals surface area contributed by atoms with E-state index in [1.807, 2.05) is 12.1 Å². The number of benzene rings is 2. The number of ether oxygens (including phenoxy) is 1. The highest BCUT2D eigenvalue weighted by Crippen LogP contribution is 2.50. The summed E-state index contributed by atoms with van der Waals surface area (Å²) in [4.78, 5) is 15.5. The number of nitrogens with zero attached hydrogens (tertiary/aromatic N) is 1. The quantitative estimate of drug-likeness (QED) is 0.418. The van der Waals surface area contributed by atoms with Crippen LogP contribution in [0.1, 0.15) is 68.9 Å². The number of aliphatic hydroxyl groups excluding tert-OH is 1. The molecule has 1 aliphatic heterocycles. The highest BCUT2D eigenvalue weighted by atomic mass is 16.5. The zero-order valence-electron chi connectivity index (χ0n) is 22.4. The van der Waals surface area contributed by atoms with E-state index < -0.39 is 6.10 Å². The van der Waals surface area contributed by atoms with Crippen LogP contribution in [0.2, 0.25) is 0 Å². The Balaban J connectivity index is 1.20. The number of likely N-dealkylation sites (tertiary alicyclic amines) is 1. The number of aliphatic hydroxyl groups is 1. The Morgan fingerprint density at radius 2 is 1.95 bits per heavy atom. The monoisotopic (exact) mass is 504 g/mol. The second-order valence-corrected chi connectivity index (χ2v) is 11.8. The average Bonchev–Trinajstić information content (AvgIpc) is 3.73. The van der Waals surface area contributed by atoms with Crippen LogP contribution >= 0.6 is 0 Å². The predicted octanol–water partition coefficient (Wildman–Crippen LogP) is 5.11. The number of carbonyl (C=O) groups excluding carboxylic acids is 1. The van der Waals surface area contributed by atoms with Crippen LogP contribution in [0.15, 0.2) is 54.6 Å². The van der Waals surface area contributed by atoms with Gasteiger partial charge in [-0.15, -0.1) is 0 Å². The third-order valence-electron chi connectivity index (χ3n) is 9.08. The molecule has 0 aromatic heterocycles. The fourth-order valence-corrected chi connectivity index (χ4v) is 6.90. The molecule has 2 aromatic rings. The molecule has 1 unspecified atom stereocenters. The van der Waals surface area contributed by atoms with Crippen molar-refractivity contribution in [3.05, 3.63) is 65.7 Å². The first kappa shape index (κ1) is 26.2. The second kappa shape index (κ2) is 12.0. The van der Waals surface area contributed by atoms with Gasteiger partial charge in [0, 0.05) is 36.9 Å². The Morgan fingerprint density at radius 1 is 1.11 bits per heavy atom. The molecule has 0 spiro atoms. The fraction of sp³-hybridized carbons (Fsp3) is 0.594. The zero-order valence-corrected chi connectivity index (χ0v) is 22.4. The van der Waals surface area contributed by atoms with Crippen molar-refractivity contribution in [3.8, 4) is 5.75 Å². The highest BCUT2D eigenvalue weighted by Gasteiger charge is 2.52. The van der Waals surface area contributed by atoms with Crippen molar-refractivity contribution in [2.24, 2.45) is 11.8 Å². The number of hydrogen-bond donors (Lipinski definition) is 2. The lowest BCUT2D eigenvalue weighted by Gasteiger charge is -2.55. The van der Waals surface area contributed by atoms with Gasteiger partial charge in [-0.2, -0.15) is 0 Å². The summed E-state index contributed by atoms with van der Waals surface area (Å²) in [6, 6.07) is 19.0. The minimum atomic E-state index is -0.418. The number of piperidine rings is 1. The van der Waals surface area contributed by atoms with Gasteiger partial charge in [-0.1, -0.05) is 48.9 Å². The van der Waals surface area contributed by atoms with Gasteiger partial charge in [-0.3, -0.25) is 4.79 Å². The largest absolute Gasteiger partial charge is 0.497 e. The third-order valence-corrected chi connectivity index (χ3v) is 9.08. The smallest absolute Gasteiger partial charge is 0.220 e. The Labute approximate surface area is 222 Å². The van der Waals surface area contributed by atoms with Gasteiger partial charge in [0.25, 0.3) is 0 Å². The molecule has 200 valence electrons. The van der Waals surface area contributed by atoms with E-state index in [9.17, 15) is 9.90 Å². The van der Waals surface area contributed by atoms with E-state index in [4.69, 9.17) is 4.74 Å². The van der Waals surface area contributed by atoms with E-state index in [0.717, 1.165) is 63.3 Å². The molecule has 5 heteroatoms. The first-order valence-electron chi connectivity index (χ1n) is 14.4. The summed E-state index contributed by atoms with van der Waals surface area (Å²) in [7, 11) is 1.71. The third kappa shape index (κ3) is 6.56. The Kier molecular flexibility index (Phi) is 8.51. The number of nitrogens with one attached hydrogen (secondary N) is 1. The van der Waals surface area contributed by atoms with E-state index in [1.165, 1.54) is 30.5 Å². The van der Waals surface area contributed by atoms with E-state index >= 15 is 0 Å². The van der Waals surface area contributed by atoms with Gasteiger partial charge in [0.1, 0.15) is 5.75 Å². The van der Waals surface area contributed by atoms with Crippen molar-refractivity contribution in [2.45, 2.75) is 81.8 Å². The minimum absolute atomic E-state index is 0.00394. The maximum Gasteiger partial charge on any atom is 0.220 e. The molecule has 5 nitrogen and oxygen atoms in total. The van der Waals surface area contributed by atoms with Crippen LogP contribution in [0.25, 0.3) is 0 Å². The van der Waals surface area contributed by atoms with E-state index in [0.29, 0.717) is 12.8 Å². The van der Waals surface area contributed by atoms with Gasteiger partial charge < -0.3 is 20.1 Å². The van der Waals surface area contributed by atoms with E-state index in [-0.39, 0.29) is 23.3 Å². The van der Waals surface area contributed by atoms with Gasteiger partial charge in [-0.05, 0) is 87.1 Å². The summed E-state index contributed by atoms with van der Waals surface area (Å²) in [6.45, 7) is 3.16. The molecule has 2 saturated carbocycles. The SMILES string of the molecule is COc1cccc([C@@]23CCN(CC4CC4)C[C@H]2C(O)C[C@@H](NC(=O)CCCCCc2ccccc2)C3)c1. The number of methoxy groups -OCH3 is 1. The van der Waals surface area contributed by atoms with Gasteiger partial charge >= 0.3 is 0 Å². The van der Waals surface area contributed by atoms with Gasteiger partial charge in [0.2, 0.25) is 5.91 Å². The molecule has 3 fully saturated rings. The normalized spacial score (nSPS) is 27.9. The van der Waals surface area contributed by atoms with Gasteiger partial charge in [-0.25, -0.2) is 0 Å². The second-order valence-electron chi connectivity index (χ2n) is 11.8. The summed E-state index contributed by atoms with van der Waals surface area (Å²) in [6.07, 6.45) is 9.54. The molecule has 5 rings (SSSR count). The molecule has 1 saturated heterocycles. The van der Waals surface area contributed by atoms with E-state index in [1.54, 1.807) is 7.11 Å². The van der Waals surface area contributed by atoms with Crippen LogP contribution in [-0.4, -0.2) is 54.8 Å². The van der Waals surface area contributed by atoms with Crippen molar-refractivity contribution in [1.82, 2.24) is 10.2 Å². The van der Waals surface area contributed by atoms with Crippen LogP contribution in [0.3, 0.4) is 0 Å². The molecule has 1 heterocycles. The lowest BCUT2D eigenvalue weighted by Crippen LogP contribution is -2.61. The van der Waals surface area contributed by atoms with Crippen molar-refractivity contribution in [2.75, 3.05) is 26.7 Å². The summed E-state index contributed by atoms with van der Waals surface area (Å²) < 4.78 is 5.57. The van der Waals surface area contributed by atoms with Crippen molar-refractivity contribution in [1.29, 1.82) is 0 Å². The topological polar surface area (TPSA) is 61.8 Å². The minimum Gasteiger partial charge on any atom is -0.497 e. The number of carbonyl (C=O) groups is 1. The number of rotatable bonds is 11. The van der Waals surface area contributed by atoms with Crippen LogP contribution in [0, 0.1) is 11.8 Å². The molecule has 2 N–H and O–H groups in total. The fourth-order valence-electron chi connectivity index (χ4n) is 6.90. The lowest BCUT2D eigenvalue weighted by atomic mass is 9.57. The Hall–Kier alpha value is -2.37. The first-order valence-corrected chi connectivity index (χ1v) is 14.4. The summed E-state index contributed by atoms with van der Waals surface area (Å²) in [5.74, 6) is 2.02. The molecule has 1 amide bonds. The Morgan fingerprint density at radius 3 is 2.73 bits per heavy atom. The standard InChI is InChI=1S/C32H44N2O3/c1-37-28-13-8-12-26(19-28)32-17-18-34(22-25-15-16-25)23-29(32)30(35)20-27(21-32)33-31(36)14-7-3-6-11-24-9-4-2-5-10-24/h2,4-5,8-10,12-13,19,25,27,29-30,35H,3,6-7,11,14-18,20-23H2,1H3,(H,33,36)/t27-,29+,30?,32+/m1/s1. The number of unbranched alkanes of at least 4 members (excludes halogenated alkanes) is 2. The summed E-state index contributed by atoms with van der Waals surface area (Å²) in [5, 5.41) is 14.8. The zero-order chi connectivity index (χ0) is 25.7. The summed E-state index contributed by atoms with van der Waals surface area (Å²) in [5.41, 5.74) is 2.48. The molecule has 0 radical (unpaired) electrons. The predicted molar refractivity (Wildman–Crippen MR) is 148 cm³/mol. The van der Waals surface area contributed by atoms with Crippen LogP contribution in [-0.2, 0) is 16.6 Å². The summed E-state index contributed by atoms with van der Waals surface area (Å²) >= 11 is 0. The molecule has 37 heavy (non-hydrogen) atoms. The maximum absolute atomic E-state index is 12.9. The highest BCUT2D eigenvalue weighted by molar-refractivity contribution is 5.76. The van der Waals surface area contributed by atoms with Gasteiger partial charge in [0.05, 0.1) is 13.2 Å². The molecular weight excluding hydrogens is 460 g/mol. The van der Waals surface area contributed by atoms with Crippen LogP contribution in [0.4, 0.5) is 0 Å². The average molecular weight is 505 g/mol. The molecule has 3 aliphatic rings. The molecular formula is C32H44N2O3. The maximum atomic E-state index is 12.9. The molecule has 2 aliphatic carbocycles. The number of aryl methyl sites for hydroxylation is 1. The molecule has 0 bridgehead atoms. The Bertz CT molecular complexity index is 1020. The lowest BCUT2D eigenvalue weighted by molar-refractivity contribution is -0.123. The van der Waals surface area contributed by atoms with Crippen molar-refractivity contribution >= 4 is 5.91 Å². The van der Waals surface area contributed by atoms with Crippen molar-refractivity contribution in [3.63, 3.8) is 0 Å². The van der Waals surface area contributed by atoms with E-state index in [2.05, 4.69) is 52.7 Å². The van der Waals surface area contributed by atoms with Crippen LogP contribution in [0.5, 0.6) is 5.75 Å². The van der Waals surface area contributed by atoms with Gasteiger partial charge in [0.15, 0.2) is 0 Å². The molecule has 4 atom stereocenters. The number of fused-ring (bicyclic) bond motifs is 1. The number of hydrogen-bond acceptors (Lipinski definition) is 4. The first-order chi connectivity index (χ1) is 18.1. The van der Waals surface area contributed by atoms with Crippen molar-refractivity contribution < 1.29 is 14.6 Å².